The molecule has 0 saturated carbocycles. The summed E-state index contributed by atoms with van der Waals surface area (Å²) in [5.41, 5.74) is 5.37. The Bertz CT molecular complexity index is 1030. The number of rotatable bonds is 6. The fourth-order valence-corrected chi connectivity index (χ4v) is 4.66. The van der Waals surface area contributed by atoms with E-state index in [1.807, 2.05) is 24.3 Å². The van der Waals surface area contributed by atoms with Gasteiger partial charge >= 0.3 is 12.1 Å². The molecule has 0 spiro atoms. The van der Waals surface area contributed by atoms with Gasteiger partial charge in [0, 0.05) is 10.8 Å². The van der Waals surface area contributed by atoms with E-state index < -0.39 is 12.1 Å². The second-order valence-corrected chi connectivity index (χ2v) is 8.03. The van der Waals surface area contributed by atoms with Crippen LogP contribution in [0.1, 0.15) is 32.6 Å². The van der Waals surface area contributed by atoms with Crippen LogP contribution < -0.4 is 5.32 Å². The number of benzene rings is 2. The summed E-state index contributed by atoms with van der Waals surface area (Å²) in [6.07, 6.45) is -0.575. The molecule has 7 heteroatoms. The van der Waals surface area contributed by atoms with E-state index in [1.165, 1.54) is 22.5 Å². The van der Waals surface area contributed by atoms with Crippen molar-refractivity contribution in [3.05, 3.63) is 75.2 Å². The molecule has 29 heavy (non-hydrogen) atoms. The van der Waals surface area contributed by atoms with Gasteiger partial charge in [-0.2, -0.15) is 0 Å². The van der Waals surface area contributed by atoms with Gasteiger partial charge in [-0.25, -0.2) is 9.78 Å². The first-order valence-corrected chi connectivity index (χ1v) is 10.1. The average molecular weight is 408 g/mol. The van der Waals surface area contributed by atoms with Crippen LogP contribution in [0.5, 0.6) is 0 Å². The SMILES string of the molecule is Cc1nc(CNC(=O)OCC2c3ccccc3-c3ccccc32)sc1CC(=O)O. The number of carbonyl (C=O) groups excluding carboxylic acids is 1. The van der Waals surface area contributed by atoms with Crippen molar-refractivity contribution in [2.24, 2.45) is 0 Å². The maximum atomic E-state index is 12.2. The molecule has 0 aliphatic heterocycles. The maximum absolute atomic E-state index is 12.2. The van der Waals surface area contributed by atoms with E-state index >= 15 is 0 Å². The lowest BCUT2D eigenvalue weighted by atomic mass is 9.98. The Morgan fingerprint density at radius 1 is 1.10 bits per heavy atom. The van der Waals surface area contributed by atoms with Crippen molar-refractivity contribution in [3.63, 3.8) is 0 Å². The first kappa shape index (κ1) is 19.1. The van der Waals surface area contributed by atoms with Gasteiger partial charge in [0.05, 0.1) is 18.7 Å². The predicted octanol–water partition coefficient (Wildman–Crippen LogP) is 4.12. The molecule has 1 aliphatic carbocycles. The first-order valence-electron chi connectivity index (χ1n) is 9.28. The standard InChI is InChI=1S/C22H20N2O4S/c1-13-19(10-21(25)26)29-20(24-13)11-23-22(27)28-12-18-16-8-4-2-6-14(16)15-7-3-5-9-17(15)18/h2-9,18H,10-12H2,1H3,(H,23,27)(H,25,26). The van der Waals surface area contributed by atoms with Crippen molar-refractivity contribution in [1.29, 1.82) is 0 Å². The van der Waals surface area contributed by atoms with E-state index in [-0.39, 0.29) is 25.5 Å². The second kappa shape index (κ2) is 8.05. The van der Waals surface area contributed by atoms with E-state index in [2.05, 4.69) is 34.6 Å². The molecule has 0 bridgehead atoms. The van der Waals surface area contributed by atoms with E-state index in [1.54, 1.807) is 6.92 Å². The highest BCUT2D eigenvalue weighted by atomic mass is 32.1. The summed E-state index contributed by atoms with van der Waals surface area (Å²) in [5.74, 6) is -0.884. The fraction of sp³-hybridized carbons (Fsp3) is 0.227. The van der Waals surface area contributed by atoms with Gasteiger partial charge in [-0.1, -0.05) is 48.5 Å². The van der Waals surface area contributed by atoms with Crippen molar-refractivity contribution < 1.29 is 19.4 Å². The minimum Gasteiger partial charge on any atom is -0.481 e. The molecular formula is C22H20N2O4S. The van der Waals surface area contributed by atoms with E-state index in [0.717, 1.165) is 11.1 Å². The number of aryl methyl sites for hydroxylation is 1. The van der Waals surface area contributed by atoms with Crippen LogP contribution in [0.2, 0.25) is 0 Å². The lowest BCUT2D eigenvalue weighted by molar-refractivity contribution is -0.136. The topological polar surface area (TPSA) is 88.5 Å². The molecule has 0 unspecified atom stereocenters. The zero-order valence-electron chi connectivity index (χ0n) is 15.8. The second-order valence-electron chi connectivity index (χ2n) is 6.87. The van der Waals surface area contributed by atoms with Gasteiger partial charge in [0.15, 0.2) is 0 Å². The molecule has 1 heterocycles. The number of carboxylic acid groups (broad SMARTS) is 1. The van der Waals surface area contributed by atoms with Crippen LogP contribution in [-0.4, -0.2) is 28.8 Å². The largest absolute Gasteiger partial charge is 0.481 e. The number of thiazole rings is 1. The number of aliphatic carboxylic acids is 1. The van der Waals surface area contributed by atoms with Crippen LogP contribution in [0.25, 0.3) is 11.1 Å². The molecule has 1 aliphatic rings. The molecule has 0 saturated heterocycles. The molecule has 148 valence electrons. The third-order valence-corrected chi connectivity index (χ3v) is 6.13. The maximum Gasteiger partial charge on any atom is 0.407 e. The number of carboxylic acids is 1. The highest BCUT2D eigenvalue weighted by molar-refractivity contribution is 7.11. The Morgan fingerprint density at radius 3 is 2.34 bits per heavy atom. The zero-order chi connectivity index (χ0) is 20.4. The van der Waals surface area contributed by atoms with Gasteiger partial charge in [-0.05, 0) is 29.2 Å². The molecular weight excluding hydrogens is 388 g/mol. The Morgan fingerprint density at radius 2 is 1.72 bits per heavy atom. The van der Waals surface area contributed by atoms with Gasteiger partial charge in [-0.15, -0.1) is 11.3 Å². The average Bonchev–Trinajstić information content (AvgIpc) is 3.22. The van der Waals surface area contributed by atoms with Crippen molar-refractivity contribution in [2.75, 3.05) is 6.61 Å². The highest BCUT2D eigenvalue weighted by Gasteiger charge is 2.29. The number of nitrogens with one attached hydrogen (secondary N) is 1. The van der Waals surface area contributed by atoms with Crippen molar-refractivity contribution in [3.8, 4) is 11.1 Å². The van der Waals surface area contributed by atoms with E-state index in [9.17, 15) is 9.59 Å². The monoisotopic (exact) mass is 408 g/mol. The predicted molar refractivity (Wildman–Crippen MR) is 110 cm³/mol. The summed E-state index contributed by atoms with van der Waals surface area (Å²) in [4.78, 5) is 28.1. The van der Waals surface area contributed by atoms with Crippen molar-refractivity contribution in [2.45, 2.75) is 25.8 Å². The number of fused-ring (bicyclic) bond motifs is 3. The number of hydrogen-bond donors (Lipinski definition) is 2. The Hall–Kier alpha value is -3.19. The minimum atomic E-state index is -0.896. The Labute approximate surface area is 172 Å². The summed E-state index contributed by atoms with van der Waals surface area (Å²) in [6.45, 7) is 2.23. The van der Waals surface area contributed by atoms with Crippen LogP contribution in [0.15, 0.2) is 48.5 Å². The number of hydrogen-bond acceptors (Lipinski definition) is 5. The van der Waals surface area contributed by atoms with E-state index in [4.69, 9.17) is 9.84 Å². The van der Waals surface area contributed by atoms with Crippen LogP contribution in [0.4, 0.5) is 4.79 Å². The number of alkyl carbamates (subject to hydrolysis) is 1. The third kappa shape index (κ3) is 4.00. The van der Waals surface area contributed by atoms with Crippen LogP contribution in [0, 0.1) is 6.92 Å². The smallest absolute Gasteiger partial charge is 0.407 e. The molecule has 1 aromatic heterocycles. The molecule has 0 radical (unpaired) electrons. The van der Waals surface area contributed by atoms with Gasteiger partial charge in [0.2, 0.25) is 0 Å². The number of carbonyl (C=O) groups is 2. The first-order chi connectivity index (χ1) is 14.0. The quantitative estimate of drug-likeness (QED) is 0.641. The molecule has 1 amide bonds. The highest BCUT2D eigenvalue weighted by Crippen LogP contribution is 2.44. The van der Waals surface area contributed by atoms with Crippen LogP contribution >= 0.6 is 11.3 Å². The van der Waals surface area contributed by atoms with Crippen LogP contribution in [0.3, 0.4) is 0 Å². The molecule has 2 aromatic carbocycles. The van der Waals surface area contributed by atoms with E-state index in [0.29, 0.717) is 15.6 Å². The number of aromatic nitrogens is 1. The lowest BCUT2D eigenvalue weighted by Gasteiger charge is -2.14. The summed E-state index contributed by atoms with van der Waals surface area (Å²) in [7, 11) is 0. The Kier molecular flexibility index (Phi) is 5.31. The summed E-state index contributed by atoms with van der Waals surface area (Å²) >= 11 is 1.29. The third-order valence-electron chi connectivity index (χ3n) is 4.98. The van der Waals surface area contributed by atoms with Gasteiger partial charge in [-0.3, -0.25) is 4.79 Å². The summed E-state index contributed by atoms with van der Waals surface area (Å²) in [5, 5.41) is 12.3. The lowest BCUT2D eigenvalue weighted by Crippen LogP contribution is -2.25. The molecule has 6 nitrogen and oxygen atoms in total. The molecule has 0 atom stereocenters. The van der Waals surface area contributed by atoms with Gasteiger partial charge in [0.1, 0.15) is 11.6 Å². The normalized spacial score (nSPS) is 12.3. The fourth-order valence-electron chi connectivity index (χ4n) is 3.66. The molecule has 3 aromatic rings. The summed E-state index contributed by atoms with van der Waals surface area (Å²) < 4.78 is 5.50. The number of nitrogens with zero attached hydrogens (tertiary/aromatic N) is 1. The summed E-state index contributed by atoms with van der Waals surface area (Å²) in [6, 6.07) is 16.4. The van der Waals surface area contributed by atoms with Gasteiger partial charge in [0.25, 0.3) is 0 Å². The molecule has 4 rings (SSSR count). The number of amides is 1. The van der Waals surface area contributed by atoms with Gasteiger partial charge < -0.3 is 15.2 Å². The van der Waals surface area contributed by atoms with Crippen molar-refractivity contribution >= 4 is 23.4 Å². The minimum absolute atomic E-state index is 0.0115. The molecule has 2 N–H and O–H groups in total. The van der Waals surface area contributed by atoms with Crippen LogP contribution in [-0.2, 0) is 22.5 Å². The Balaban J connectivity index is 1.37. The zero-order valence-corrected chi connectivity index (χ0v) is 16.7. The number of ether oxygens (including phenoxy) is 1. The molecule has 0 fully saturated rings. The van der Waals surface area contributed by atoms with Crippen molar-refractivity contribution in [1.82, 2.24) is 10.3 Å².